The maximum Gasteiger partial charge on any atom is 0.227 e. The first-order valence-electron chi connectivity index (χ1n) is 8.89. The summed E-state index contributed by atoms with van der Waals surface area (Å²) in [7, 11) is 0. The Kier molecular flexibility index (Phi) is 4.33. The van der Waals surface area contributed by atoms with Gasteiger partial charge in [-0.15, -0.1) is 0 Å². The molecule has 1 aliphatic rings. The van der Waals surface area contributed by atoms with Crippen LogP contribution in [0.2, 0.25) is 0 Å². The highest BCUT2D eigenvalue weighted by atomic mass is 19.1. The Morgan fingerprint density at radius 2 is 2.00 bits per heavy atom. The molecule has 1 aromatic heterocycles. The van der Waals surface area contributed by atoms with Crippen LogP contribution in [0.4, 0.5) is 4.39 Å². The Morgan fingerprint density at radius 1 is 1.19 bits per heavy atom. The molecule has 1 N–H and O–H groups in total. The van der Waals surface area contributed by atoms with Crippen molar-refractivity contribution in [2.24, 2.45) is 0 Å². The Morgan fingerprint density at radius 3 is 2.73 bits per heavy atom. The van der Waals surface area contributed by atoms with Crippen LogP contribution in [0.1, 0.15) is 23.1 Å². The lowest BCUT2D eigenvalue weighted by molar-refractivity contribution is -0.130. The monoisotopic (exact) mass is 348 g/mol. The number of carbonyl (C=O) groups excluding carboxylic acids is 1. The normalized spacial score (nSPS) is 14.5. The molecule has 26 heavy (non-hydrogen) atoms. The summed E-state index contributed by atoms with van der Waals surface area (Å²) in [5.41, 5.74) is 5.37. The van der Waals surface area contributed by atoms with Crippen LogP contribution in [0.25, 0.3) is 16.5 Å². The fourth-order valence-corrected chi connectivity index (χ4v) is 3.50. The molecule has 0 unspecified atom stereocenters. The molecule has 0 saturated heterocycles. The lowest BCUT2D eigenvalue weighted by Gasteiger charge is -2.26. The number of H-pyrrole nitrogens is 1. The summed E-state index contributed by atoms with van der Waals surface area (Å²) in [6, 6.07) is 12.9. The second-order valence-corrected chi connectivity index (χ2v) is 6.87. The molecule has 4 rings (SSSR count). The molecule has 1 amide bonds. The lowest BCUT2D eigenvalue weighted by atomic mass is 9.98. The van der Waals surface area contributed by atoms with E-state index in [0.29, 0.717) is 19.5 Å². The fraction of sp³-hybridized carbons (Fsp3) is 0.227. The maximum absolute atomic E-state index is 13.4. The molecule has 4 heteroatoms. The molecule has 132 valence electrons. The van der Waals surface area contributed by atoms with E-state index in [1.807, 2.05) is 48.4 Å². The Labute approximate surface area is 152 Å². The summed E-state index contributed by atoms with van der Waals surface area (Å²) in [6.45, 7) is 3.37. The Balaban J connectivity index is 1.47. The van der Waals surface area contributed by atoms with Gasteiger partial charge in [0.2, 0.25) is 5.91 Å². The number of hydrogen-bond donors (Lipinski definition) is 1. The van der Waals surface area contributed by atoms with Crippen molar-refractivity contribution in [1.82, 2.24) is 9.88 Å². The highest BCUT2D eigenvalue weighted by Gasteiger charge is 2.19. The summed E-state index contributed by atoms with van der Waals surface area (Å²) >= 11 is 0. The van der Waals surface area contributed by atoms with Crippen molar-refractivity contribution in [2.75, 3.05) is 13.1 Å². The third kappa shape index (κ3) is 3.27. The van der Waals surface area contributed by atoms with Crippen molar-refractivity contribution in [3.8, 4) is 0 Å². The van der Waals surface area contributed by atoms with Gasteiger partial charge in [-0.1, -0.05) is 35.9 Å². The predicted molar refractivity (Wildman–Crippen MR) is 102 cm³/mol. The SMILES string of the molecule is Cc1ccc(CC(=O)N2CC=C(c3c[nH]c4cc(F)ccc34)CC2)cc1. The summed E-state index contributed by atoms with van der Waals surface area (Å²) in [5.74, 6) is -0.0819. The average molecular weight is 348 g/mol. The topological polar surface area (TPSA) is 36.1 Å². The lowest BCUT2D eigenvalue weighted by Crippen LogP contribution is -2.35. The molecule has 2 heterocycles. The minimum Gasteiger partial charge on any atom is -0.360 e. The number of rotatable bonds is 3. The number of nitrogens with one attached hydrogen (secondary N) is 1. The van der Waals surface area contributed by atoms with Gasteiger partial charge in [0.05, 0.1) is 6.42 Å². The molecule has 0 fully saturated rings. The molecule has 0 saturated carbocycles. The second-order valence-electron chi connectivity index (χ2n) is 6.87. The number of aryl methyl sites for hydroxylation is 1. The van der Waals surface area contributed by atoms with E-state index in [9.17, 15) is 9.18 Å². The first-order chi connectivity index (χ1) is 12.6. The van der Waals surface area contributed by atoms with Crippen molar-refractivity contribution < 1.29 is 9.18 Å². The van der Waals surface area contributed by atoms with E-state index in [4.69, 9.17) is 0 Å². The van der Waals surface area contributed by atoms with Gasteiger partial charge in [-0.3, -0.25) is 4.79 Å². The van der Waals surface area contributed by atoms with Crippen LogP contribution in [0, 0.1) is 12.7 Å². The van der Waals surface area contributed by atoms with E-state index in [1.54, 1.807) is 0 Å². The zero-order valence-corrected chi connectivity index (χ0v) is 14.8. The zero-order chi connectivity index (χ0) is 18.1. The molecular weight excluding hydrogens is 327 g/mol. The molecule has 0 radical (unpaired) electrons. The zero-order valence-electron chi connectivity index (χ0n) is 14.8. The predicted octanol–water partition coefficient (Wildman–Crippen LogP) is 4.47. The molecule has 1 aliphatic heterocycles. The number of carbonyl (C=O) groups is 1. The number of halogens is 1. The van der Waals surface area contributed by atoms with Crippen LogP contribution in [0.15, 0.2) is 54.7 Å². The van der Waals surface area contributed by atoms with Gasteiger partial charge in [0, 0.05) is 35.8 Å². The summed E-state index contributed by atoms with van der Waals surface area (Å²) in [4.78, 5) is 17.6. The first-order valence-corrected chi connectivity index (χ1v) is 8.89. The van der Waals surface area contributed by atoms with Crippen molar-refractivity contribution in [1.29, 1.82) is 0 Å². The van der Waals surface area contributed by atoms with E-state index in [1.165, 1.54) is 23.3 Å². The third-order valence-electron chi connectivity index (χ3n) is 5.03. The standard InChI is InChI=1S/C22H21FN2O/c1-15-2-4-16(5-3-15)12-22(26)25-10-8-17(9-11-25)20-14-24-21-13-18(23)6-7-19(20)21/h2-8,13-14,24H,9-12H2,1H3. The molecule has 0 atom stereocenters. The first kappa shape index (κ1) is 16.6. The largest absolute Gasteiger partial charge is 0.360 e. The van der Waals surface area contributed by atoms with Crippen LogP contribution in [0.5, 0.6) is 0 Å². The highest BCUT2D eigenvalue weighted by Crippen LogP contribution is 2.29. The number of benzene rings is 2. The van der Waals surface area contributed by atoms with Crippen molar-refractivity contribution >= 4 is 22.4 Å². The van der Waals surface area contributed by atoms with Gasteiger partial charge in [-0.05, 0) is 42.7 Å². The molecular formula is C22H21FN2O. The van der Waals surface area contributed by atoms with E-state index < -0.39 is 0 Å². The quantitative estimate of drug-likeness (QED) is 0.745. The molecule has 0 aliphatic carbocycles. The number of nitrogens with zero attached hydrogens (tertiary/aromatic N) is 1. The number of hydrogen-bond acceptors (Lipinski definition) is 1. The minimum absolute atomic E-state index is 0.158. The van der Waals surface area contributed by atoms with Gasteiger partial charge in [0.15, 0.2) is 0 Å². The number of fused-ring (bicyclic) bond motifs is 1. The number of amides is 1. The molecule has 2 aromatic carbocycles. The summed E-state index contributed by atoms with van der Waals surface area (Å²) < 4.78 is 13.4. The van der Waals surface area contributed by atoms with Gasteiger partial charge in [0.25, 0.3) is 0 Å². The Hall–Kier alpha value is -2.88. The molecule has 0 bridgehead atoms. The van der Waals surface area contributed by atoms with Crippen LogP contribution in [-0.4, -0.2) is 28.9 Å². The van der Waals surface area contributed by atoms with Crippen LogP contribution >= 0.6 is 0 Å². The second kappa shape index (κ2) is 6.79. The van der Waals surface area contributed by atoms with Crippen LogP contribution in [0.3, 0.4) is 0 Å². The highest BCUT2D eigenvalue weighted by molar-refractivity contribution is 5.93. The average Bonchev–Trinajstić information content (AvgIpc) is 3.06. The van der Waals surface area contributed by atoms with Crippen LogP contribution < -0.4 is 0 Å². The van der Waals surface area contributed by atoms with Crippen molar-refractivity contribution in [3.63, 3.8) is 0 Å². The van der Waals surface area contributed by atoms with Crippen molar-refractivity contribution in [2.45, 2.75) is 19.8 Å². The Bertz CT molecular complexity index is 985. The number of aromatic nitrogens is 1. The molecule has 3 nitrogen and oxygen atoms in total. The van der Waals surface area contributed by atoms with Gasteiger partial charge < -0.3 is 9.88 Å². The van der Waals surface area contributed by atoms with E-state index in [0.717, 1.165) is 28.5 Å². The number of aromatic amines is 1. The maximum atomic E-state index is 13.4. The third-order valence-corrected chi connectivity index (χ3v) is 5.03. The van der Waals surface area contributed by atoms with Gasteiger partial charge in [-0.2, -0.15) is 0 Å². The summed E-state index contributed by atoms with van der Waals surface area (Å²) in [6.07, 6.45) is 5.29. The summed E-state index contributed by atoms with van der Waals surface area (Å²) in [5, 5.41) is 1.03. The molecule has 3 aromatic rings. The van der Waals surface area contributed by atoms with Crippen molar-refractivity contribution in [3.05, 3.63) is 77.2 Å². The fourth-order valence-electron chi connectivity index (χ4n) is 3.50. The van der Waals surface area contributed by atoms with Gasteiger partial charge >= 0.3 is 0 Å². The van der Waals surface area contributed by atoms with Gasteiger partial charge in [-0.25, -0.2) is 4.39 Å². The van der Waals surface area contributed by atoms with E-state index in [2.05, 4.69) is 11.1 Å². The molecule has 0 spiro atoms. The van der Waals surface area contributed by atoms with Crippen LogP contribution in [-0.2, 0) is 11.2 Å². The minimum atomic E-state index is -0.239. The smallest absolute Gasteiger partial charge is 0.227 e. The van der Waals surface area contributed by atoms with E-state index in [-0.39, 0.29) is 11.7 Å². The van der Waals surface area contributed by atoms with Gasteiger partial charge in [0.1, 0.15) is 5.82 Å². The van der Waals surface area contributed by atoms with E-state index >= 15 is 0 Å².